The Morgan fingerprint density at radius 2 is 1.94 bits per heavy atom. The van der Waals surface area contributed by atoms with E-state index in [9.17, 15) is 0 Å². The number of aryl methyl sites for hydroxylation is 2. The normalized spacial score (nSPS) is 10.3. The highest BCUT2D eigenvalue weighted by Gasteiger charge is 2.07. The van der Waals surface area contributed by atoms with Gasteiger partial charge in [-0.1, -0.05) is 16.7 Å². The van der Waals surface area contributed by atoms with Crippen molar-refractivity contribution in [1.82, 2.24) is 15.2 Å². The summed E-state index contributed by atoms with van der Waals surface area (Å²) in [5.41, 5.74) is 7.72. The fourth-order valence-electron chi connectivity index (χ4n) is 1.18. The van der Waals surface area contributed by atoms with Crippen LogP contribution in [0.15, 0.2) is 18.2 Å². The quantitative estimate of drug-likeness (QED) is 0.829. The molecule has 2 N–H and O–H groups in total. The molecular weight excluding hydrogens is 240 g/mol. The number of hydrogen-bond donors (Lipinski definition) is 1. The number of rotatable bonds is 2. The summed E-state index contributed by atoms with van der Waals surface area (Å²) in [5, 5.41) is 8.18. The second-order valence-electron chi connectivity index (χ2n) is 3.56. The minimum absolute atomic E-state index is 0.153. The van der Waals surface area contributed by atoms with Crippen LogP contribution in [-0.4, -0.2) is 15.2 Å². The molecule has 0 bridgehead atoms. The first kappa shape index (κ1) is 11.6. The van der Waals surface area contributed by atoms with Gasteiger partial charge in [-0.2, -0.15) is 4.98 Å². The number of nitrogens with two attached hydrogens (primary N) is 1. The number of nitrogens with zero attached hydrogens (tertiary/aromatic N) is 3. The average molecular weight is 251 g/mol. The SMILES string of the molecule is Cc1nnc(Oc2cc(N)ccc2Cl)nc1C. The van der Waals surface area contributed by atoms with Gasteiger partial charge in [0.15, 0.2) is 5.75 Å². The molecule has 1 aromatic carbocycles. The minimum Gasteiger partial charge on any atom is -0.422 e. The maximum Gasteiger partial charge on any atom is 0.341 e. The van der Waals surface area contributed by atoms with Crippen molar-refractivity contribution >= 4 is 17.3 Å². The van der Waals surface area contributed by atoms with E-state index < -0.39 is 0 Å². The number of benzene rings is 1. The topological polar surface area (TPSA) is 73.9 Å². The third-order valence-corrected chi connectivity index (χ3v) is 2.54. The lowest BCUT2D eigenvalue weighted by Crippen LogP contribution is -2.00. The fraction of sp³-hybridized carbons (Fsp3) is 0.182. The van der Waals surface area contributed by atoms with Crippen LogP contribution in [0.3, 0.4) is 0 Å². The Labute approximate surface area is 104 Å². The van der Waals surface area contributed by atoms with Crippen LogP contribution < -0.4 is 10.5 Å². The lowest BCUT2D eigenvalue weighted by molar-refractivity contribution is 0.430. The van der Waals surface area contributed by atoms with Gasteiger partial charge in [-0.25, -0.2) is 0 Å². The number of nitrogen functional groups attached to an aromatic ring is 1. The number of anilines is 1. The van der Waals surface area contributed by atoms with Gasteiger partial charge in [0.25, 0.3) is 0 Å². The molecule has 2 rings (SSSR count). The van der Waals surface area contributed by atoms with E-state index in [1.165, 1.54) is 0 Å². The van der Waals surface area contributed by atoms with Crippen LogP contribution in [0, 0.1) is 13.8 Å². The van der Waals surface area contributed by atoms with Gasteiger partial charge in [-0.3, -0.25) is 0 Å². The van der Waals surface area contributed by atoms with Gasteiger partial charge < -0.3 is 10.5 Å². The second kappa shape index (κ2) is 4.55. The van der Waals surface area contributed by atoms with E-state index in [0.29, 0.717) is 16.5 Å². The van der Waals surface area contributed by atoms with E-state index in [4.69, 9.17) is 22.1 Å². The molecule has 0 aliphatic rings. The molecule has 17 heavy (non-hydrogen) atoms. The maximum absolute atomic E-state index is 5.96. The maximum atomic E-state index is 5.96. The highest BCUT2D eigenvalue weighted by atomic mass is 35.5. The van der Waals surface area contributed by atoms with Crippen molar-refractivity contribution in [3.63, 3.8) is 0 Å². The Bertz CT molecular complexity index is 559. The molecule has 0 aliphatic carbocycles. The van der Waals surface area contributed by atoms with Crippen molar-refractivity contribution in [2.75, 3.05) is 5.73 Å². The van der Waals surface area contributed by atoms with Crippen LogP contribution in [-0.2, 0) is 0 Å². The van der Waals surface area contributed by atoms with Crippen molar-refractivity contribution in [1.29, 1.82) is 0 Å². The Balaban J connectivity index is 2.31. The number of aromatic nitrogens is 3. The van der Waals surface area contributed by atoms with Crippen LogP contribution in [0.1, 0.15) is 11.4 Å². The van der Waals surface area contributed by atoms with Gasteiger partial charge in [0.1, 0.15) is 0 Å². The molecule has 0 saturated heterocycles. The zero-order valence-electron chi connectivity index (χ0n) is 9.44. The fourth-order valence-corrected chi connectivity index (χ4v) is 1.33. The van der Waals surface area contributed by atoms with Crippen molar-refractivity contribution in [2.24, 2.45) is 0 Å². The first-order valence-corrected chi connectivity index (χ1v) is 5.35. The summed E-state index contributed by atoms with van der Waals surface area (Å²) < 4.78 is 5.43. The highest BCUT2D eigenvalue weighted by Crippen LogP contribution is 2.29. The monoisotopic (exact) mass is 250 g/mol. The predicted octanol–water partition coefficient (Wildman–Crippen LogP) is 2.52. The molecule has 0 unspecified atom stereocenters. The zero-order chi connectivity index (χ0) is 12.4. The van der Waals surface area contributed by atoms with Gasteiger partial charge in [0.2, 0.25) is 0 Å². The van der Waals surface area contributed by atoms with Crippen LogP contribution in [0.4, 0.5) is 5.69 Å². The molecule has 1 aromatic heterocycles. The molecule has 0 amide bonds. The molecule has 0 saturated carbocycles. The molecule has 1 heterocycles. The Hall–Kier alpha value is -1.88. The molecule has 0 atom stereocenters. The summed E-state index contributed by atoms with van der Waals surface area (Å²) in [5.74, 6) is 0.414. The summed E-state index contributed by atoms with van der Waals surface area (Å²) in [6.07, 6.45) is 0. The van der Waals surface area contributed by atoms with E-state index in [-0.39, 0.29) is 6.01 Å². The lowest BCUT2D eigenvalue weighted by Gasteiger charge is -2.06. The largest absolute Gasteiger partial charge is 0.422 e. The molecule has 88 valence electrons. The first-order valence-electron chi connectivity index (χ1n) is 4.97. The van der Waals surface area contributed by atoms with E-state index in [1.807, 2.05) is 13.8 Å². The van der Waals surface area contributed by atoms with Crippen molar-refractivity contribution in [2.45, 2.75) is 13.8 Å². The van der Waals surface area contributed by atoms with Gasteiger partial charge in [-0.15, -0.1) is 5.10 Å². The smallest absolute Gasteiger partial charge is 0.341 e. The van der Waals surface area contributed by atoms with Crippen LogP contribution in [0.25, 0.3) is 0 Å². The standard InChI is InChI=1S/C11H11ClN4O/c1-6-7(2)15-16-11(14-6)17-10-5-8(13)3-4-9(10)12/h3-5H,13H2,1-2H3. The molecule has 2 aromatic rings. The number of hydrogen-bond acceptors (Lipinski definition) is 5. The average Bonchev–Trinajstić information content (AvgIpc) is 2.29. The molecule has 5 nitrogen and oxygen atoms in total. The van der Waals surface area contributed by atoms with Gasteiger partial charge in [0.05, 0.1) is 16.4 Å². The Morgan fingerprint density at radius 3 is 2.65 bits per heavy atom. The zero-order valence-corrected chi connectivity index (χ0v) is 10.2. The molecule has 6 heteroatoms. The van der Waals surface area contributed by atoms with E-state index in [2.05, 4.69) is 15.2 Å². The van der Waals surface area contributed by atoms with Crippen molar-refractivity contribution in [3.8, 4) is 11.8 Å². The molecule has 0 spiro atoms. The van der Waals surface area contributed by atoms with Gasteiger partial charge in [-0.05, 0) is 26.0 Å². The molecule has 0 radical (unpaired) electrons. The summed E-state index contributed by atoms with van der Waals surface area (Å²) in [4.78, 5) is 4.14. The lowest BCUT2D eigenvalue weighted by atomic mass is 10.3. The van der Waals surface area contributed by atoms with Crippen molar-refractivity contribution < 1.29 is 4.74 Å². The Morgan fingerprint density at radius 1 is 1.18 bits per heavy atom. The van der Waals surface area contributed by atoms with Crippen molar-refractivity contribution in [3.05, 3.63) is 34.6 Å². The summed E-state index contributed by atoms with van der Waals surface area (Å²) >= 11 is 5.96. The number of ether oxygens (including phenoxy) is 1. The van der Waals surface area contributed by atoms with Crippen LogP contribution in [0.2, 0.25) is 5.02 Å². The van der Waals surface area contributed by atoms with Gasteiger partial charge >= 0.3 is 6.01 Å². The third kappa shape index (κ3) is 2.62. The molecular formula is C11H11ClN4O. The highest BCUT2D eigenvalue weighted by molar-refractivity contribution is 6.32. The van der Waals surface area contributed by atoms with E-state index >= 15 is 0 Å². The van der Waals surface area contributed by atoms with E-state index in [0.717, 1.165) is 11.4 Å². The molecule has 0 aliphatic heterocycles. The number of halogens is 1. The summed E-state index contributed by atoms with van der Waals surface area (Å²) in [7, 11) is 0. The predicted molar refractivity (Wildman–Crippen MR) is 65.2 cm³/mol. The summed E-state index contributed by atoms with van der Waals surface area (Å²) in [6.45, 7) is 3.66. The minimum atomic E-state index is 0.153. The third-order valence-electron chi connectivity index (χ3n) is 2.23. The summed E-state index contributed by atoms with van der Waals surface area (Å²) in [6, 6.07) is 5.11. The molecule has 0 fully saturated rings. The second-order valence-corrected chi connectivity index (χ2v) is 3.96. The van der Waals surface area contributed by atoms with E-state index in [1.54, 1.807) is 18.2 Å². The van der Waals surface area contributed by atoms with Gasteiger partial charge in [0, 0.05) is 11.8 Å². The Kier molecular flexibility index (Phi) is 3.10. The van der Waals surface area contributed by atoms with Crippen LogP contribution >= 0.6 is 11.6 Å². The van der Waals surface area contributed by atoms with Crippen LogP contribution in [0.5, 0.6) is 11.8 Å². The first-order chi connectivity index (χ1) is 8.06.